The predicted molar refractivity (Wildman–Crippen MR) is 127 cm³/mol. The van der Waals surface area contributed by atoms with Crippen molar-refractivity contribution in [3.8, 4) is 0 Å². The quantitative estimate of drug-likeness (QED) is 0.533. The van der Waals surface area contributed by atoms with Crippen LogP contribution in [0, 0.1) is 0 Å². The van der Waals surface area contributed by atoms with E-state index in [1.807, 2.05) is 36.4 Å². The third kappa shape index (κ3) is 4.21. The Morgan fingerprint density at radius 2 is 1.88 bits per heavy atom. The summed E-state index contributed by atoms with van der Waals surface area (Å²) in [5.74, 6) is -0.664. The summed E-state index contributed by atoms with van der Waals surface area (Å²) in [6, 6.07) is 14.8. The fourth-order valence-electron chi connectivity index (χ4n) is 4.12. The molecule has 2 atom stereocenters. The van der Waals surface area contributed by atoms with Crippen LogP contribution < -0.4 is 10.0 Å². The average molecular weight is 493 g/mol. The first-order valence-electron chi connectivity index (χ1n) is 9.97. The standard InChI is InChI=1S/C22H22Cl2N4O3S/c1-14(29)26-32(31)28-11-10-22(13-28,15-6-4-3-5-7-15)25-21(30)19-12-16-18(27(19)2)9-8-17(23)20(16)24/h3-9,12H,10-11,13H2,1-2H3,(H,25,30)(H,26,29). The van der Waals surface area contributed by atoms with E-state index in [0.717, 1.165) is 11.1 Å². The molecule has 32 heavy (non-hydrogen) atoms. The molecule has 2 unspecified atom stereocenters. The third-order valence-electron chi connectivity index (χ3n) is 5.73. The minimum absolute atomic E-state index is 0.284. The largest absolute Gasteiger partial charge is 0.573 e. The monoisotopic (exact) mass is 492 g/mol. The summed E-state index contributed by atoms with van der Waals surface area (Å²) in [4.78, 5) is 24.8. The van der Waals surface area contributed by atoms with Gasteiger partial charge >= 0.3 is 0 Å². The summed E-state index contributed by atoms with van der Waals surface area (Å²) in [5, 5.41) is 4.69. The summed E-state index contributed by atoms with van der Waals surface area (Å²) >= 11 is 10.8. The first-order chi connectivity index (χ1) is 15.2. The van der Waals surface area contributed by atoms with Crippen molar-refractivity contribution in [2.75, 3.05) is 13.1 Å². The Kier molecular flexibility index (Phi) is 6.42. The van der Waals surface area contributed by atoms with E-state index in [0.29, 0.717) is 34.1 Å². The van der Waals surface area contributed by atoms with Crippen LogP contribution in [0.1, 0.15) is 29.4 Å². The minimum Gasteiger partial charge on any atom is -0.573 e. The molecule has 2 aromatic carbocycles. The van der Waals surface area contributed by atoms with Gasteiger partial charge in [0.05, 0.1) is 22.1 Å². The fraction of sp³-hybridized carbons (Fsp3) is 0.273. The van der Waals surface area contributed by atoms with Gasteiger partial charge in [0.2, 0.25) is 0 Å². The second-order valence-electron chi connectivity index (χ2n) is 7.81. The van der Waals surface area contributed by atoms with Crippen LogP contribution in [0.2, 0.25) is 10.0 Å². The van der Waals surface area contributed by atoms with Crippen molar-refractivity contribution < 1.29 is 14.1 Å². The van der Waals surface area contributed by atoms with Crippen molar-refractivity contribution in [3.05, 3.63) is 69.8 Å². The number of carbonyl (C=O) groups excluding carboxylic acids is 2. The van der Waals surface area contributed by atoms with Crippen molar-refractivity contribution in [3.63, 3.8) is 0 Å². The van der Waals surface area contributed by atoms with Crippen LogP contribution in [-0.2, 0) is 28.9 Å². The number of benzene rings is 2. The number of nitrogens with zero attached hydrogens (tertiary/aromatic N) is 2. The van der Waals surface area contributed by atoms with Crippen molar-refractivity contribution in [1.82, 2.24) is 18.9 Å². The molecule has 0 aliphatic carbocycles. The van der Waals surface area contributed by atoms with Gasteiger partial charge in [0.15, 0.2) is 11.5 Å². The summed E-state index contributed by atoms with van der Waals surface area (Å²) in [6.07, 6.45) is 0.532. The molecular formula is C22H22Cl2N4O3S. The molecule has 1 saturated heterocycles. The Morgan fingerprint density at radius 1 is 1.16 bits per heavy atom. The van der Waals surface area contributed by atoms with Gasteiger partial charge in [-0.15, -0.1) is 4.31 Å². The third-order valence-corrected chi connectivity index (χ3v) is 7.79. The Balaban J connectivity index is 1.68. The summed E-state index contributed by atoms with van der Waals surface area (Å²) < 4.78 is 18.4. The zero-order valence-corrected chi connectivity index (χ0v) is 19.9. The van der Waals surface area contributed by atoms with Crippen molar-refractivity contribution in [1.29, 1.82) is 0 Å². The summed E-state index contributed by atoms with van der Waals surface area (Å²) in [5.41, 5.74) is 1.35. The Morgan fingerprint density at radius 3 is 2.56 bits per heavy atom. The lowest BCUT2D eigenvalue weighted by Crippen LogP contribution is -2.50. The van der Waals surface area contributed by atoms with Crippen LogP contribution >= 0.6 is 23.2 Å². The number of hydrogen-bond donors (Lipinski definition) is 2. The molecule has 0 spiro atoms. The number of amides is 2. The number of rotatable bonds is 5. The maximum atomic E-state index is 13.4. The van der Waals surface area contributed by atoms with Crippen LogP contribution in [0.25, 0.3) is 10.9 Å². The first kappa shape index (κ1) is 22.9. The molecule has 168 valence electrons. The van der Waals surface area contributed by atoms with Gasteiger partial charge < -0.3 is 14.4 Å². The number of aryl methyl sites for hydroxylation is 1. The zero-order valence-electron chi connectivity index (χ0n) is 17.5. The molecule has 2 amide bonds. The maximum Gasteiger partial charge on any atom is 0.268 e. The van der Waals surface area contributed by atoms with E-state index in [1.54, 1.807) is 28.1 Å². The van der Waals surface area contributed by atoms with Crippen molar-refractivity contribution >= 4 is 57.5 Å². The van der Waals surface area contributed by atoms with Gasteiger partial charge in [0.25, 0.3) is 11.8 Å². The van der Waals surface area contributed by atoms with Crippen LogP contribution in [0.5, 0.6) is 0 Å². The van der Waals surface area contributed by atoms with Gasteiger partial charge in [0.1, 0.15) is 5.69 Å². The number of aromatic nitrogens is 1. The lowest BCUT2D eigenvalue weighted by Gasteiger charge is -2.31. The topological polar surface area (TPSA) is 89.4 Å². The molecule has 4 rings (SSSR count). The molecule has 1 aliphatic heterocycles. The maximum absolute atomic E-state index is 13.4. The molecule has 7 nitrogen and oxygen atoms in total. The van der Waals surface area contributed by atoms with E-state index in [1.165, 1.54) is 6.92 Å². The van der Waals surface area contributed by atoms with E-state index >= 15 is 0 Å². The predicted octanol–water partition coefficient (Wildman–Crippen LogP) is 3.53. The van der Waals surface area contributed by atoms with Crippen LogP contribution in [0.15, 0.2) is 48.5 Å². The number of fused-ring (bicyclic) bond motifs is 1. The van der Waals surface area contributed by atoms with Gasteiger partial charge in [-0.3, -0.25) is 9.59 Å². The van der Waals surface area contributed by atoms with E-state index in [2.05, 4.69) is 10.0 Å². The minimum atomic E-state index is -1.68. The Hall–Kier alpha value is -2.23. The Labute approximate surface area is 199 Å². The van der Waals surface area contributed by atoms with Crippen molar-refractivity contribution in [2.24, 2.45) is 7.05 Å². The highest BCUT2D eigenvalue weighted by Gasteiger charge is 2.46. The van der Waals surface area contributed by atoms with Gasteiger partial charge in [-0.05, 0) is 30.2 Å². The molecule has 1 aliphatic rings. The lowest BCUT2D eigenvalue weighted by molar-refractivity contribution is -0.117. The SMILES string of the molecule is CC(=O)N[S+]([O-])N1CCC(NC(=O)c2cc3c(Cl)c(Cl)ccc3n2C)(c2ccccc2)C1. The van der Waals surface area contributed by atoms with Gasteiger partial charge in [-0.2, -0.15) is 4.72 Å². The van der Waals surface area contributed by atoms with E-state index in [-0.39, 0.29) is 18.4 Å². The highest BCUT2D eigenvalue weighted by atomic mass is 35.5. The molecule has 0 bridgehead atoms. The highest BCUT2D eigenvalue weighted by Crippen LogP contribution is 2.35. The molecule has 2 heterocycles. The van der Waals surface area contributed by atoms with Gasteiger partial charge in [-0.25, -0.2) is 0 Å². The molecule has 0 radical (unpaired) electrons. The van der Waals surface area contributed by atoms with E-state index in [9.17, 15) is 14.1 Å². The molecule has 2 N–H and O–H groups in total. The molecule has 3 aromatic rings. The molecule has 10 heteroatoms. The zero-order chi connectivity index (χ0) is 23.0. The number of hydrogen-bond acceptors (Lipinski definition) is 4. The molecular weight excluding hydrogens is 471 g/mol. The van der Waals surface area contributed by atoms with E-state index < -0.39 is 17.1 Å². The molecule has 0 saturated carbocycles. The second kappa shape index (κ2) is 8.96. The van der Waals surface area contributed by atoms with Crippen LogP contribution in [0.3, 0.4) is 0 Å². The van der Waals surface area contributed by atoms with Crippen LogP contribution in [-0.4, -0.2) is 38.3 Å². The second-order valence-corrected chi connectivity index (χ2v) is 9.81. The molecule has 1 aromatic heterocycles. The highest BCUT2D eigenvalue weighted by molar-refractivity contribution is 7.87. The summed E-state index contributed by atoms with van der Waals surface area (Å²) in [7, 11) is 1.80. The first-order valence-corrected chi connectivity index (χ1v) is 11.8. The average Bonchev–Trinajstić information content (AvgIpc) is 3.34. The normalized spacial score (nSPS) is 19.8. The van der Waals surface area contributed by atoms with Crippen molar-refractivity contribution in [2.45, 2.75) is 18.9 Å². The van der Waals surface area contributed by atoms with Gasteiger partial charge in [-0.1, -0.05) is 53.5 Å². The van der Waals surface area contributed by atoms with Crippen LogP contribution in [0.4, 0.5) is 0 Å². The fourth-order valence-corrected chi connectivity index (χ4v) is 5.47. The number of carbonyl (C=O) groups is 2. The molecule has 1 fully saturated rings. The smallest absolute Gasteiger partial charge is 0.268 e. The summed E-state index contributed by atoms with van der Waals surface area (Å²) in [6.45, 7) is 2.04. The van der Waals surface area contributed by atoms with E-state index in [4.69, 9.17) is 23.2 Å². The van der Waals surface area contributed by atoms with Gasteiger partial charge in [0, 0.05) is 31.4 Å². The number of nitrogens with one attached hydrogen (secondary N) is 2. The lowest BCUT2D eigenvalue weighted by atomic mass is 9.89. The number of halogens is 2. The Bertz CT molecular complexity index is 1190.